The summed E-state index contributed by atoms with van der Waals surface area (Å²) in [4.78, 5) is 49.6. The van der Waals surface area contributed by atoms with E-state index in [0.717, 1.165) is 37.9 Å². The monoisotopic (exact) mass is 639 g/mol. The predicted molar refractivity (Wildman–Crippen MR) is 182 cm³/mol. The van der Waals surface area contributed by atoms with Gasteiger partial charge in [0.1, 0.15) is 11.8 Å². The molecule has 3 aliphatic heterocycles. The smallest absolute Gasteiger partial charge is 0.247 e. The molecule has 1 aromatic carbocycles. The lowest BCUT2D eigenvalue weighted by atomic mass is 9.65. The van der Waals surface area contributed by atoms with Crippen LogP contribution in [0.5, 0.6) is 5.75 Å². The van der Waals surface area contributed by atoms with Gasteiger partial charge in [0.05, 0.1) is 35.8 Å². The zero-order valence-corrected chi connectivity index (χ0v) is 28.6. The van der Waals surface area contributed by atoms with Crippen LogP contribution >= 0.6 is 11.8 Å². The Balaban J connectivity index is 1.80. The number of aliphatic hydroxyl groups is 1. The number of amides is 3. The third-order valence-electron chi connectivity index (χ3n) is 10.3. The number of rotatable bonds is 17. The number of aliphatic hydroxyl groups excluding tert-OH is 1. The molecule has 2 bridgehead atoms. The Bertz CT molecular complexity index is 1220. The van der Waals surface area contributed by atoms with Crippen LogP contribution < -0.4 is 9.64 Å². The summed E-state index contributed by atoms with van der Waals surface area (Å²) in [5, 5.41) is 10.6. The predicted octanol–water partition coefficient (Wildman–Crippen LogP) is 5.55. The minimum atomic E-state index is -0.761. The molecule has 248 valence electrons. The minimum absolute atomic E-state index is 0.0230. The fraction of sp³-hybridized carbons (Fsp3) is 0.639. The van der Waals surface area contributed by atoms with Crippen molar-refractivity contribution >= 4 is 35.2 Å². The number of ether oxygens (including phenoxy) is 1. The second-order valence-corrected chi connectivity index (χ2v) is 14.4. The number of carbonyl (C=O) groups excluding carboxylic acids is 3. The number of fused-ring (bicyclic) bond motifs is 1. The Kier molecular flexibility index (Phi) is 11.9. The molecule has 3 saturated heterocycles. The van der Waals surface area contributed by atoms with E-state index >= 15 is 0 Å². The number of benzene rings is 1. The SMILES string of the molecule is C=CCN(CCCCC)C(=O)C1N([C@@H](CO)[C@@H](C)CC)C(=O)[C@@H]2[C@@H](C(=O)N(CC=C)c3ccc(OCC)cc3)[C@H]3CC(C)C12S3. The van der Waals surface area contributed by atoms with Gasteiger partial charge in [-0.1, -0.05) is 59.1 Å². The lowest BCUT2D eigenvalue weighted by Gasteiger charge is -2.43. The van der Waals surface area contributed by atoms with Crippen molar-refractivity contribution in [2.75, 3.05) is 37.7 Å². The molecule has 1 N–H and O–H groups in total. The number of hydrogen-bond donors (Lipinski definition) is 1. The molecule has 0 aromatic heterocycles. The molecule has 0 saturated carbocycles. The number of carbonyl (C=O) groups is 3. The van der Waals surface area contributed by atoms with Crippen LogP contribution in [0.1, 0.15) is 66.7 Å². The summed E-state index contributed by atoms with van der Waals surface area (Å²) in [7, 11) is 0. The van der Waals surface area contributed by atoms with Gasteiger partial charge in [-0.25, -0.2) is 0 Å². The fourth-order valence-corrected chi connectivity index (χ4v) is 10.3. The highest BCUT2D eigenvalue weighted by atomic mass is 32.2. The third kappa shape index (κ3) is 6.31. The molecule has 8 atom stereocenters. The normalized spacial score (nSPS) is 28.0. The average Bonchev–Trinajstić information content (AvgIpc) is 3.63. The Morgan fingerprint density at radius 1 is 1.13 bits per heavy atom. The van der Waals surface area contributed by atoms with Gasteiger partial charge in [-0.05, 0) is 55.9 Å². The zero-order valence-electron chi connectivity index (χ0n) is 27.8. The van der Waals surface area contributed by atoms with E-state index in [1.165, 1.54) is 0 Å². The van der Waals surface area contributed by atoms with Crippen LogP contribution in [-0.2, 0) is 14.4 Å². The number of anilines is 1. The second-order valence-electron chi connectivity index (χ2n) is 12.9. The van der Waals surface area contributed by atoms with Gasteiger partial charge in [0, 0.05) is 30.6 Å². The van der Waals surface area contributed by atoms with E-state index in [4.69, 9.17) is 4.74 Å². The van der Waals surface area contributed by atoms with E-state index < -0.39 is 28.7 Å². The third-order valence-corrected chi connectivity index (χ3v) is 12.4. The van der Waals surface area contributed by atoms with Crippen LogP contribution in [-0.4, -0.2) is 87.6 Å². The van der Waals surface area contributed by atoms with Crippen molar-refractivity contribution in [1.29, 1.82) is 0 Å². The standard InChI is InChI=1S/C36H53N3O5S/c1-8-13-14-21-37(19-9-2)35(43)32-36-25(7)22-29(45-36)30(31(36)34(42)39(32)28(23-40)24(6)11-4)33(41)38(20-10-3)26-15-17-27(18-16-26)44-12-5/h9-10,15-18,24-25,28-32,40H,2-3,8,11-14,19-23H2,1,4-7H3/t24-,25?,28-,29+,30-,31-,32?,36?/m0/s1. The molecule has 9 heteroatoms. The minimum Gasteiger partial charge on any atom is -0.494 e. The van der Waals surface area contributed by atoms with Crippen molar-refractivity contribution in [3.8, 4) is 5.75 Å². The fourth-order valence-electron chi connectivity index (χ4n) is 7.89. The summed E-state index contributed by atoms with van der Waals surface area (Å²) in [5.74, 6) is -0.892. The van der Waals surface area contributed by atoms with Gasteiger partial charge in [-0.3, -0.25) is 14.4 Å². The summed E-state index contributed by atoms with van der Waals surface area (Å²) in [6.07, 6.45) is 7.85. The van der Waals surface area contributed by atoms with Gasteiger partial charge in [-0.2, -0.15) is 0 Å². The summed E-state index contributed by atoms with van der Waals surface area (Å²) in [6.45, 7) is 19.7. The maximum atomic E-state index is 14.8. The Morgan fingerprint density at radius 2 is 1.82 bits per heavy atom. The Morgan fingerprint density at radius 3 is 2.40 bits per heavy atom. The van der Waals surface area contributed by atoms with Gasteiger partial charge < -0.3 is 24.5 Å². The molecule has 0 aliphatic carbocycles. The van der Waals surface area contributed by atoms with E-state index in [1.807, 2.05) is 49.9 Å². The van der Waals surface area contributed by atoms with Crippen molar-refractivity contribution in [1.82, 2.24) is 9.80 Å². The first-order valence-corrected chi connectivity index (χ1v) is 17.7. The zero-order chi connectivity index (χ0) is 32.9. The van der Waals surface area contributed by atoms with Gasteiger partial charge >= 0.3 is 0 Å². The first-order chi connectivity index (χ1) is 21.7. The molecule has 3 amide bonds. The number of thioether (sulfide) groups is 1. The molecule has 8 nitrogen and oxygen atoms in total. The maximum Gasteiger partial charge on any atom is 0.247 e. The van der Waals surface area contributed by atoms with Gasteiger partial charge in [0.2, 0.25) is 17.7 Å². The lowest BCUT2D eigenvalue weighted by molar-refractivity contribution is -0.146. The van der Waals surface area contributed by atoms with Crippen LogP contribution in [0, 0.1) is 23.7 Å². The van der Waals surface area contributed by atoms with E-state index in [2.05, 4.69) is 27.0 Å². The highest BCUT2D eigenvalue weighted by Gasteiger charge is 2.77. The molecular weight excluding hydrogens is 586 g/mol. The lowest BCUT2D eigenvalue weighted by Crippen LogP contribution is -2.60. The maximum absolute atomic E-state index is 14.8. The quantitative estimate of drug-likeness (QED) is 0.178. The number of nitrogens with zero attached hydrogens (tertiary/aromatic N) is 3. The van der Waals surface area contributed by atoms with Crippen LogP contribution in [0.2, 0.25) is 0 Å². The van der Waals surface area contributed by atoms with Crippen molar-refractivity contribution in [3.63, 3.8) is 0 Å². The number of unbranched alkanes of at least 4 members (excludes halogenated alkanes) is 2. The van der Waals surface area contributed by atoms with Gasteiger partial charge in [-0.15, -0.1) is 24.9 Å². The first-order valence-electron chi connectivity index (χ1n) is 16.8. The van der Waals surface area contributed by atoms with Crippen molar-refractivity contribution in [2.45, 2.75) is 88.8 Å². The highest BCUT2D eigenvalue weighted by molar-refractivity contribution is 8.02. The summed E-state index contributed by atoms with van der Waals surface area (Å²) < 4.78 is 4.86. The largest absolute Gasteiger partial charge is 0.494 e. The molecule has 4 rings (SSSR count). The molecular formula is C36H53N3O5S. The van der Waals surface area contributed by atoms with Gasteiger partial charge in [0.15, 0.2) is 0 Å². The molecule has 3 fully saturated rings. The molecule has 3 unspecified atom stereocenters. The van der Waals surface area contributed by atoms with E-state index in [0.29, 0.717) is 31.9 Å². The van der Waals surface area contributed by atoms with E-state index in [1.54, 1.807) is 33.7 Å². The van der Waals surface area contributed by atoms with E-state index in [9.17, 15) is 19.5 Å². The molecule has 45 heavy (non-hydrogen) atoms. The molecule has 3 heterocycles. The number of hydrogen-bond acceptors (Lipinski definition) is 6. The van der Waals surface area contributed by atoms with Crippen molar-refractivity contribution in [3.05, 3.63) is 49.6 Å². The van der Waals surface area contributed by atoms with Crippen LogP contribution in [0.15, 0.2) is 49.6 Å². The van der Waals surface area contributed by atoms with Crippen LogP contribution in [0.4, 0.5) is 5.69 Å². The average molecular weight is 640 g/mol. The molecule has 3 aliphatic rings. The van der Waals surface area contributed by atoms with Crippen molar-refractivity contribution in [2.24, 2.45) is 23.7 Å². The molecule has 1 aromatic rings. The van der Waals surface area contributed by atoms with Crippen molar-refractivity contribution < 1.29 is 24.2 Å². The molecule has 0 radical (unpaired) electrons. The van der Waals surface area contributed by atoms with E-state index in [-0.39, 0.29) is 41.4 Å². The Labute approximate surface area is 274 Å². The topological polar surface area (TPSA) is 90.4 Å². The van der Waals surface area contributed by atoms with Crippen LogP contribution in [0.25, 0.3) is 0 Å². The first kappa shape index (κ1) is 35.1. The number of likely N-dealkylation sites (tertiary alicyclic amines) is 1. The highest BCUT2D eigenvalue weighted by Crippen LogP contribution is 2.69. The molecule has 1 spiro atoms. The summed E-state index contributed by atoms with van der Waals surface area (Å²) in [6, 6.07) is 6.16. The van der Waals surface area contributed by atoms with Gasteiger partial charge in [0.25, 0.3) is 0 Å². The Hall–Kier alpha value is -2.78. The summed E-state index contributed by atoms with van der Waals surface area (Å²) >= 11 is 1.68. The van der Waals surface area contributed by atoms with Crippen LogP contribution in [0.3, 0.4) is 0 Å². The summed E-state index contributed by atoms with van der Waals surface area (Å²) in [5.41, 5.74) is 0.717. The second kappa shape index (κ2) is 15.2.